The van der Waals surface area contributed by atoms with Crippen LogP contribution in [-0.2, 0) is 6.42 Å². The van der Waals surface area contributed by atoms with Gasteiger partial charge in [-0.05, 0) is 54.4 Å². The highest BCUT2D eigenvalue weighted by atomic mass is 15.0. The number of hydrogen-bond acceptors (Lipinski definition) is 2. The third-order valence-corrected chi connectivity index (χ3v) is 4.90. The lowest BCUT2D eigenvalue weighted by Gasteiger charge is -2.31. The first kappa shape index (κ1) is 12.0. The van der Waals surface area contributed by atoms with Crippen molar-refractivity contribution in [2.75, 3.05) is 5.73 Å². The summed E-state index contributed by atoms with van der Waals surface area (Å²) in [6.07, 6.45) is 6.45. The Bertz CT molecular complexity index is 450. The van der Waals surface area contributed by atoms with Gasteiger partial charge in [-0.3, -0.25) is 0 Å². The zero-order valence-electron chi connectivity index (χ0n) is 11.5. The van der Waals surface area contributed by atoms with Crippen LogP contribution in [0.15, 0.2) is 18.2 Å². The Kier molecular flexibility index (Phi) is 2.86. The maximum absolute atomic E-state index is 5.86. The average molecular weight is 244 g/mol. The SMILES string of the molecule is CC1(C)CCCC1NC1CCc2cc(N)ccc21. The topological polar surface area (TPSA) is 38.0 Å². The summed E-state index contributed by atoms with van der Waals surface area (Å²) in [5, 5.41) is 3.90. The fraction of sp³-hybridized carbons (Fsp3) is 0.625. The Morgan fingerprint density at radius 3 is 2.83 bits per heavy atom. The molecule has 2 aliphatic carbocycles. The highest BCUT2D eigenvalue weighted by Crippen LogP contribution is 2.40. The molecule has 1 aromatic carbocycles. The first-order chi connectivity index (χ1) is 8.56. The summed E-state index contributed by atoms with van der Waals surface area (Å²) in [6, 6.07) is 7.63. The maximum Gasteiger partial charge on any atom is 0.0328 e. The number of aryl methyl sites for hydroxylation is 1. The Morgan fingerprint density at radius 1 is 1.28 bits per heavy atom. The Hall–Kier alpha value is -1.02. The zero-order valence-corrected chi connectivity index (χ0v) is 11.5. The number of nitrogens with two attached hydrogens (primary N) is 1. The van der Waals surface area contributed by atoms with E-state index in [4.69, 9.17) is 5.73 Å². The van der Waals surface area contributed by atoms with E-state index in [9.17, 15) is 0 Å². The first-order valence-corrected chi connectivity index (χ1v) is 7.21. The number of fused-ring (bicyclic) bond motifs is 1. The summed E-state index contributed by atoms with van der Waals surface area (Å²) in [5.74, 6) is 0. The molecular weight excluding hydrogens is 220 g/mol. The van der Waals surface area contributed by atoms with Crippen molar-refractivity contribution in [3.8, 4) is 0 Å². The molecule has 0 spiro atoms. The fourth-order valence-corrected chi connectivity index (χ4v) is 3.69. The normalized spacial score (nSPS) is 29.4. The molecular formula is C16H24N2. The molecule has 0 heterocycles. The predicted molar refractivity (Wildman–Crippen MR) is 76.5 cm³/mol. The van der Waals surface area contributed by atoms with E-state index < -0.39 is 0 Å². The lowest BCUT2D eigenvalue weighted by atomic mass is 9.86. The average Bonchev–Trinajstić information content (AvgIpc) is 2.84. The molecule has 0 aliphatic heterocycles. The van der Waals surface area contributed by atoms with Crippen LogP contribution in [0.3, 0.4) is 0 Å². The van der Waals surface area contributed by atoms with Gasteiger partial charge >= 0.3 is 0 Å². The van der Waals surface area contributed by atoms with Crippen molar-refractivity contribution < 1.29 is 0 Å². The summed E-state index contributed by atoms with van der Waals surface area (Å²) >= 11 is 0. The molecule has 0 aromatic heterocycles. The second-order valence-corrected chi connectivity index (χ2v) is 6.65. The Balaban J connectivity index is 1.77. The van der Waals surface area contributed by atoms with Crippen molar-refractivity contribution in [1.29, 1.82) is 0 Å². The molecule has 1 fully saturated rings. The lowest BCUT2D eigenvalue weighted by Crippen LogP contribution is -2.39. The molecule has 98 valence electrons. The van der Waals surface area contributed by atoms with Crippen LogP contribution in [0.5, 0.6) is 0 Å². The first-order valence-electron chi connectivity index (χ1n) is 7.21. The van der Waals surface area contributed by atoms with Gasteiger partial charge in [0.05, 0.1) is 0 Å². The number of nitrogens with one attached hydrogen (secondary N) is 1. The monoisotopic (exact) mass is 244 g/mol. The molecule has 1 saturated carbocycles. The molecule has 1 aromatic rings. The smallest absolute Gasteiger partial charge is 0.0328 e. The lowest BCUT2D eigenvalue weighted by molar-refractivity contribution is 0.261. The van der Waals surface area contributed by atoms with Gasteiger partial charge < -0.3 is 11.1 Å². The van der Waals surface area contributed by atoms with Crippen molar-refractivity contribution in [2.45, 2.75) is 58.0 Å². The molecule has 0 radical (unpaired) electrons. The van der Waals surface area contributed by atoms with Crippen LogP contribution in [0.1, 0.15) is 56.7 Å². The molecule has 2 unspecified atom stereocenters. The fourth-order valence-electron chi connectivity index (χ4n) is 3.69. The van der Waals surface area contributed by atoms with E-state index in [-0.39, 0.29) is 0 Å². The third-order valence-electron chi connectivity index (χ3n) is 4.90. The predicted octanol–water partition coefficient (Wildman–Crippen LogP) is 3.42. The minimum atomic E-state index is 0.455. The van der Waals surface area contributed by atoms with Crippen molar-refractivity contribution in [2.24, 2.45) is 5.41 Å². The molecule has 0 amide bonds. The minimum absolute atomic E-state index is 0.455. The second kappa shape index (κ2) is 4.27. The zero-order chi connectivity index (χ0) is 12.8. The van der Waals surface area contributed by atoms with Crippen LogP contribution in [0.25, 0.3) is 0 Å². The number of hydrogen-bond donors (Lipinski definition) is 2. The molecule has 3 rings (SSSR count). The van der Waals surface area contributed by atoms with Gasteiger partial charge in [-0.1, -0.05) is 26.3 Å². The number of anilines is 1. The standard InChI is InChI=1S/C16H24N2/c1-16(2)9-3-4-15(16)18-14-8-5-11-10-12(17)6-7-13(11)14/h6-7,10,14-15,18H,3-5,8-9,17H2,1-2H3. The highest BCUT2D eigenvalue weighted by molar-refractivity contribution is 5.47. The van der Waals surface area contributed by atoms with Gasteiger partial charge in [0.1, 0.15) is 0 Å². The summed E-state index contributed by atoms with van der Waals surface area (Å²) in [5.41, 5.74) is 10.1. The highest BCUT2D eigenvalue weighted by Gasteiger charge is 2.36. The van der Waals surface area contributed by atoms with Crippen molar-refractivity contribution in [1.82, 2.24) is 5.32 Å². The summed E-state index contributed by atoms with van der Waals surface area (Å²) in [4.78, 5) is 0. The molecule has 2 nitrogen and oxygen atoms in total. The quantitative estimate of drug-likeness (QED) is 0.782. The van der Waals surface area contributed by atoms with Crippen LogP contribution in [-0.4, -0.2) is 6.04 Å². The van der Waals surface area contributed by atoms with Crippen LogP contribution < -0.4 is 11.1 Å². The van der Waals surface area contributed by atoms with Crippen molar-refractivity contribution in [3.05, 3.63) is 29.3 Å². The largest absolute Gasteiger partial charge is 0.399 e. The van der Waals surface area contributed by atoms with Crippen LogP contribution >= 0.6 is 0 Å². The molecule has 2 aliphatic rings. The van der Waals surface area contributed by atoms with E-state index in [1.807, 2.05) is 6.07 Å². The Labute approximate surface area is 110 Å². The third kappa shape index (κ3) is 2.03. The minimum Gasteiger partial charge on any atom is -0.399 e. The van der Waals surface area contributed by atoms with Crippen molar-refractivity contribution in [3.63, 3.8) is 0 Å². The van der Waals surface area contributed by atoms with Crippen molar-refractivity contribution >= 4 is 5.69 Å². The molecule has 3 N–H and O–H groups in total. The molecule has 18 heavy (non-hydrogen) atoms. The van der Waals surface area contributed by atoms with Gasteiger partial charge in [-0.15, -0.1) is 0 Å². The van der Waals surface area contributed by atoms with Gasteiger partial charge in [0.2, 0.25) is 0 Å². The van der Waals surface area contributed by atoms with E-state index in [0.29, 0.717) is 17.5 Å². The van der Waals surface area contributed by atoms with Gasteiger partial charge in [-0.2, -0.15) is 0 Å². The van der Waals surface area contributed by atoms with E-state index in [2.05, 4.69) is 31.3 Å². The maximum atomic E-state index is 5.86. The number of benzene rings is 1. The summed E-state index contributed by atoms with van der Waals surface area (Å²) in [6.45, 7) is 4.80. The van der Waals surface area contributed by atoms with Gasteiger partial charge in [-0.25, -0.2) is 0 Å². The van der Waals surface area contributed by atoms with E-state index in [1.54, 1.807) is 0 Å². The number of nitrogen functional groups attached to an aromatic ring is 1. The number of rotatable bonds is 2. The van der Waals surface area contributed by atoms with Gasteiger partial charge in [0.15, 0.2) is 0 Å². The second-order valence-electron chi connectivity index (χ2n) is 6.65. The van der Waals surface area contributed by atoms with E-state index >= 15 is 0 Å². The summed E-state index contributed by atoms with van der Waals surface area (Å²) in [7, 11) is 0. The molecule has 2 heteroatoms. The van der Waals surface area contributed by atoms with E-state index in [0.717, 1.165) is 5.69 Å². The van der Waals surface area contributed by atoms with Crippen LogP contribution in [0, 0.1) is 5.41 Å². The van der Waals surface area contributed by atoms with Gasteiger partial charge in [0.25, 0.3) is 0 Å². The Morgan fingerprint density at radius 2 is 2.11 bits per heavy atom. The summed E-state index contributed by atoms with van der Waals surface area (Å²) < 4.78 is 0. The molecule has 2 atom stereocenters. The molecule has 0 bridgehead atoms. The van der Waals surface area contributed by atoms with Gasteiger partial charge in [0, 0.05) is 17.8 Å². The van der Waals surface area contributed by atoms with E-state index in [1.165, 1.54) is 43.2 Å². The van der Waals surface area contributed by atoms with Crippen LogP contribution in [0.2, 0.25) is 0 Å². The molecule has 0 saturated heterocycles. The van der Waals surface area contributed by atoms with Crippen LogP contribution in [0.4, 0.5) is 5.69 Å².